The molecule has 5 nitrogen and oxygen atoms in total. The molecule has 2 aromatic heterocycles. The molecule has 2 aromatic rings. The number of hydrogen-bond donors (Lipinski definition) is 1. The van der Waals surface area contributed by atoms with Gasteiger partial charge in [0.2, 0.25) is 5.91 Å². The van der Waals surface area contributed by atoms with Crippen LogP contribution in [0.1, 0.15) is 36.7 Å². The normalized spacial score (nSPS) is 16.1. The van der Waals surface area contributed by atoms with E-state index in [0.717, 1.165) is 5.16 Å². The molecule has 1 saturated carbocycles. The first-order chi connectivity index (χ1) is 9.74. The van der Waals surface area contributed by atoms with Gasteiger partial charge in [-0.2, -0.15) is 0 Å². The van der Waals surface area contributed by atoms with Crippen LogP contribution in [0.4, 0.5) is 0 Å². The Morgan fingerprint density at radius 3 is 3.20 bits per heavy atom. The lowest BCUT2D eigenvalue weighted by molar-refractivity contribution is -0.119. The smallest absolute Gasteiger partial charge is 0.230 e. The quantitative estimate of drug-likeness (QED) is 0.834. The van der Waals surface area contributed by atoms with Gasteiger partial charge in [0.1, 0.15) is 6.33 Å². The Hall–Kier alpha value is -1.34. The van der Waals surface area contributed by atoms with Crippen molar-refractivity contribution in [1.29, 1.82) is 0 Å². The molecule has 1 aliphatic rings. The Morgan fingerprint density at radius 2 is 2.50 bits per heavy atom. The summed E-state index contributed by atoms with van der Waals surface area (Å²) in [4.78, 5) is 13.1. The molecule has 7 heteroatoms. The molecule has 3 rings (SSSR count). The summed E-state index contributed by atoms with van der Waals surface area (Å²) in [6.45, 7) is 2.00. The highest BCUT2D eigenvalue weighted by atomic mass is 32.2. The monoisotopic (exact) mass is 308 g/mol. The van der Waals surface area contributed by atoms with Crippen LogP contribution in [0, 0.1) is 0 Å². The molecule has 1 fully saturated rings. The third-order valence-corrected chi connectivity index (χ3v) is 5.17. The van der Waals surface area contributed by atoms with Gasteiger partial charge in [0.25, 0.3) is 0 Å². The topological polar surface area (TPSA) is 59.8 Å². The molecule has 1 unspecified atom stereocenters. The second-order valence-corrected chi connectivity index (χ2v) is 6.77. The molecule has 1 N–H and O–H groups in total. The second-order valence-electron chi connectivity index (χ2n) is 4.85. The fourth-order valence-corrected chi connectivity index (χ4v) is 3.49. The van der Waals surface area contributed by atoms with Crippen LogP contribution in [0.3, 0.4) is 0 Å². The summed E-state index contributed by atoms with van der Waals surface area (Å²) >= 11 is 3.11. The Bertz CT molecular complexity index is 577. The lowest BCUT2D eigenvalue weighted by atomic mass is 10.3. The summed E-state index contributed by atoms with van der Waals surface area (Å²) < 4.78 is 2.07. The minimum absolute atomic E-state index is 0.0289. The lowest BCUT2D eigenvalue weighted by Crippen LogP contribution is -2.27. The number of aromatic nitrogens is 3. The molecule has 0 aliphatic heterocycles. The van der Waals surface area contributed by atoms with Crippen LogP contribution >= 0.6 is 23.1 Å². The number of hydrogen-bond acceptors (Lipinski definition) is 5. The standard InChI is InChI=1S/C13H16N4OS2/c1-9(11-3-2-6-19-11)15-12(18)7-20-13-16-14-8-17(13)10-4-5-10/h2-3,6,8-10H,4-5,7H2,1H3,(H,15,18). The number of amides is 1. The van der Waals surface area contributed by atoms with Crippen molar-refractivity contribution < 1.29 is 4.79 Å². The molecular weight excluding hydrogens is 292 g/mol. The number of thioether (sulfide) groups is 1. The zero-order chi connectivity index (χ0) is 13.9. The Morgan fingerprint density at radius 1 is 1.65 bits per heavy atom. The molecule has 1 aliphatic carbocycles. The van der Waals surface area contributed by atoms with Crippen LogP contribution in [-0.2, 0) is 4.79 Å². The highest BCUT2D eigenvalue weighted by Gasteiger charge is 2.26. The van der Waals surface area contributed by atoms with Gasteiger partial charge in [-0.05, 0) is 31.2 Å². The van der Waals surface area contributed by atoms with E-state index in [4.69, 9.17) is 0 Å². The van der Waals surface area contributed by atoms with Crippen molar-refractivity contribution in [2.45, 2.75) is 37.0 Å². The molecule has 20 heavy (non-hydrogen) atoms. The predicted octanol–water partition coefficient (Wildman–Crippen LogP) is 2.64. The van der Waals surface area contributed by atoms with Crippen LogP contribution < -0.4 is 5.32 Å². The molecule has 0 bridgehead atoms. The molecular formula is C13H16N4OS2. The van der Waals surface area contributed by atoms with Crippen molar-refractivity contribution in [3.63, 3.8) is 0 Å². The van der Waals surface area contributed by atoms with E-state index < -0.39 is 0 Å². The number of thiophene rings is 1. The summed E-state index contributed by atoms with van der Waals surface area (Å²) in [5.41, 5.74) is 0. The predicted molar refractivity (Wildman–Crippen MR) is 79.9 cm³/mol. The SMILES string of the molecule is CC(NC(=O)CSc1nncn1C1CC1)c1cccs1. The fourth-order valence-electron chi connectivity index (χ4n) is 1.96. The van der Waals surface area contributed by atoms with Gasteiger partial charge in [0.05, 0.1) is 11.8 Å². The van der Waals surface area contributed by atoms with Crippen molar-refractivity contribution >= 4 is 29.0 Å². The van der Waals surface area contributed by atoms with Crippen molar-refractivity contribution in [1.82, 2.24) is 20.1 Å². The van der Waals surface area contributed by atoms with Gasteiger partial charge in [-0.3, -0.25) is 4.79 Å². The first-order valence-corrected chi connectivity index (χ1v) is 8.45. The third-order valence-electron chi connectivity index (χ3n) is 3.16. The number of rotatable bonds is 6. The van der Waals surface area contributed by atoms with Crippen molar-refractivity contribution in [3.8, 4) is 0 Å². The van der Waals surface area contributed by atoms with E-state index in [-0.39, 0.29) is 11.9 Å². The van der Waals surface area contributed by atoms with Gasteiger partial charge in [-0.25, -0.2) is 0 Å². The molecule has 0 radical (unpaired) electrons. The van der Waals surface area contributed by atoms with Gasteiger partial charge in [0.15, 0.2) is 5.16 Å². The lowest BCUT2D eigenvalue weighted by Gasteiger charge is -2.11. The third kappa shape index (κ3) is 3.21. The molecule has 2 heterocycles. The largest absolute Gasteiger partial charge is 0.348 e. The maximum absolute atomic E-state index is 12.0. The highest BCUT2D eigenvalue weighted by Crippen LogP contribution is 2.37. The minimum atomic E-state index is 0.0289. The van der Waals surface area contributed by atoms with Crippen LogP contribution in [0.5, 0.6) is 0 Å². The van der Waals surface area contributed by atoms with E-state index in [1.54, 1.807) is 17.7 Å². The van der Waals surface area contributed by atoms with Crippen LogP contribution in [0.2, 0.25) is 0 Å². The average Bonchev–Trinajstić information content (AvgIpc) is 2.95. The summed E-state index contributed by atoms with van der Waals surface area (Å²) in [5, 5.41) is 13.9. The number of carbonyl (C=O) groups excluding carboxylic acids is 1. The molecule has 106 valence electrons. The van der Waals surface area contributed by atoms with Crippen LogP contribution in [0.15, 0.2) is 29.0 Å². The van der Waals surface area contributed by atoms with Crippen LogP contribution in [-0.4, -0.2) is 26.4 Å². The van der Waals surface area contributed by atoms with Crippen LogP contribution in [0.25, 0.3) is 0 Å². The van der Waals surface area contributed by atoms with Gasteiger partial charge in [-0.15, -0.1) is 21.5 Å². The fraction of sp³-hybridized carbons (Fsp3) is 0.462. The molecule has 1 atom stereocenters. The van der Waals surface area contributed by atoms with E-state index in [1.165, 1.54) is 29.5 Å². The van der Waals surface area contributed by atoms with Crippen molar-refractivity contribution in [3.05, 3.63) is 28.7 Å². The van der Waals surface area contributed by atoms with Gasteiger partial charge >= 0.3 is 0 Å². The zero-order valence-corrected chi connectivity index (χ0v) is 12.8. The Kier molecular flexibility index (Phi) is 4.07. The molecule has 0 spiro atoms. The zero-order valence-electron chi connectivity index (χ0n) is 11.2. The minimum Gasteiger partial charge on any atom is -0.348 e. The van der Waals surface area contributed by atoms with E-state index in [0.29, 0.717) is 11.8 Å². The molecule has 0 aromatic carbocycles. The van der Waals surface area contributed by atoms with Gasteiger partial charge in [-0.1, -0.05) is 17.8 Å². The van der Waals surface area contributed by atoms with Crippen molar-refractivity contribution in [2.75, 3.05) is 5.75 Å². The Labute approximate surface area is 125 Å². The summed E-state index contributed by atoms with van der Waals surface area (Å²) in [6.07, 6.45) is 4.13. The highest BCUT2D eigenvalue weighted by molar-refractivity contribution is 7.99. The maximum atomic E-state index is 12.0. The average molecular weight is 308 g/mol. The first-order valence-electron chi connectivity index (χ1n) is 6.59. The van der Waals surface area contributed by atoms with Crippen molar-refractivity contribution in [2.24, 2.45) is 0 Å². The summed E-state index contributed by atoms with van der Waals surface area (Å²) in [5.74, 6) is 0.405. The van der Waals surface area contributed by atoms with E-state index in [9.17, 15) is 4.79 Å². The number of carbonyl (C=O) groups is 1. The van der Waals surface area contributed by atoms with E-state index in [1.807, 2.05) is 24.4 Å². The van der Waals surface area contributed by atoms with E-state index in [2.05, 4.69) is 20.1 Å². The van der Waals surface area contributed by atoms with E-state index >= 15 is 0 Å². The second kappa shape index (κ2) is 5.97. The molecule has 0 saturated heterocycles. The summed E-state index contributed by atoms with van der Waals surface area (Å²) in [6, 6.07) is 4.63. The van der Waals surface area contributed by atoms with Gasteiger partial charge in [0, 0.05) is 10.9 Å². The number of nitrogens with one attached hydrogen (secondary N) is 1. The molecule has 1 amide bonds. The maximum Gasteiger partial charge on any atom is 0.230 e. The first kappa shape index (κ1) is 13.6. The number of nitrogens with zero attached hydrogens (tertiary/aromatic N) is 3. The Balaban J connectivity index is 1.50. The van der Waals surface area contributed by atoms with Gasteiger partial charge < -0.3 is 9.88 Å². The summed E-state index contributed by atoms with van der Waals surface area (Å²) in [7, 11) is 0.